The largest absolute Gasteiger partial charge is 0.351 e. The molecule has 0 saturated carbocycles. The van der Waals surface area contributed by atoms with E-state index in [9.17, 15) is 4.79 Å². The molecule has 0 unspecified atom stereocenters. The summed E-state index contributed by atoms with van der Waals surface area (Å²) in [7, 11) is 0. The van der Waals surface area contributed by atoms with Gasteiger partial charge in [-0.25, -0.2) is 4.98 Å². The van der Waals surface area contributed by atoms with Gasteiger partial charge in [0.2, 0.25) is 0 Å². The molecule has 0 saturated heterocycles. The van der Waals surface area contributed by atoms with Gasteiger partial charge in [0.05, 0.1) is 15.9 Å². The minimum Gasteiger partial charge on any atom is -0.351 e. The van der Waals surface area contributed by atoms with Gasteiger partial charge in [0, 0.05) is 10.9 Å². The molecule has 5 heteroatoms. The molecule has 0 aliphatic heterocycles. The second kappa shape index (κ2) is 4.46. The maximum atomic E-state index is 12.1. The van der Waals surface area contributed by atoms with Crippen LogP contribution in [0.5, 0.6) is 0 Å². The first-order valence-corrected chi connectivity index (χ1v) is 6.87. The zero-order chi connectivity index (χ0) is 14.4. The van der Waals surface area contributed by atoms with Gasteiger partial charge in [0.15, 0.2) is 5.82 Å². The van der Waals surface area contributed by atoms with Crippen LogP contribution in [-0.2, 0) is 0 Å². The number of hydrogen-bond donors (Lipinski definition) is 2. The molecule has 2 aromatic heterocycles. The summed E-state index contributed by atoms with van der Waals surface area (Å²) in [4.78, 5) is 22.6. The number of halogens is 1. The van der Waals surface area contributed by atoms with E-state index in [-0.39, 0.29) is 5.56 Å². The van der Waals surface area contributed by atoms with E-state index in [2.05, 4.69) is 15.0 Å². The third-order valence-corrected chi connectivity index (χ3v) is 3.88. The average molecular weight is 296 g/mol. The lowest BCUT2D eigenvalue weighted by Crippen LogP contribution is -2.09. The Kier molecular flexibility index (Phi) is 2.59. The highest BCUT2D eigenvalue weighted by molar-refractivity contribution is 6.38. The SMILES string of the molecule is O=c1[nH]c(-c2[nH]c3ccccc3c2Cl)nc2ccccc12. The lowest BCUT2D eigenvalue weighted by atomic mass is 10.2. The molecule has 0 aliphatic rings. The number of aromatic nitrogens is 3. The zero-order valence-corrected chi connectivity index (χ0v) is 11.6. The summed E-state index contributed by atoms with van der Waals surface area (Å²) in [6, 6.07) is 14.9. The van der Waals surface area contributed by atoms with Crippen molar-refractivity contribution in [3.63, 3.8) is 0 Å². The van der Waals surface area contributed by atoms with Crippen molar-refractivity contribution in [1.82, 2.24) is 15.0 Å². The summed E-state index contributed by atoms with van der Waals surface area (Å²) in [5, 5.41) is 2.03. The summed E-state index contributed by atoms with van der Waals surface area (Å²) in [5.74, 6) is 0.444. The van der Waals surface area contributed by atoms with Crippen molar-refractivity contribution in [3.8, 4) is 11.5 Å². The van der Waals surface area contributed by atoms with Crippen LogP contribution in [0.25, 0.3) is 33.3 Å². The van der Waals surface area contributed by atoms with E-state index < -0.39 is 0 Å². The number of fused-ring (bicyclic) bond motifs is 2. The average Bonchev–Trinajstić information content (AvgIpc) is 2.85. The van der Waals surface area contributed by atoms with Gasteiger partial charge >= 0.3 is 0 Å². The monoisotopic (exact) mass is 295 g/mol. The minimum absolute atomic E-state index is 0.176. The number of para-hydroxylation sites is 2. The molecule has 0 bridgehead atoms. The fourth-order valence-corrected chi connectivity index (χ4v) is 2.78. The second-order valence-electron chi connectivity index (χ2n) is 4.79. The lowest BCUT2D eigenvalue weighted by molar-refractivity contribution is 1.16. The molecule has 102 valence electrons. The van der Waals surface area contributed by atoms with Crippen LogP contribution in [0, 0.1) is 0 Å². The van der Waals surface area contributed by atoms with Crippen molar-refractivity contribution in [2.24, 2.45) is 0 Å². The first-order chi connectivity index (χ1) is 10.2. The molecule has 21 heavy (non-hydrogen) atoms. The van der Waals surface area contributed by atoms with Crippen LogP contribution in [0.3, 0.4) is 0 Å². The number of aromatic amines is 2. The Morgan fingerprint density at radius 1 is 0.905 bits per heavy atom. The number of nitrogens with zero attached hydrogens (tertiary/aromatic N) is 1. The highest BCUT2D eigenvalue weighted by atomic mass is 35.5. The van der Waals surface area contributed by atoms with Gasteiger partial charge in [-0.15, -0.1) is 0 Å². The molecule has 2 N–H and O–H groups in total. The second-order valence-corrected chi connectivity index (χ2v) is 5.17. The van der Waals surface area contributed by atoms with Gasteiger partial charge in [0.25, 0.3) is 5.56 Å². The Balaban J connectivity index is 2.04. The van der Waals surface area contributed by atoms with Crippen LogP contribution < -0.4 is 5.56 Å². The Morgan fingerprint density at radius 3 is 2.43 bits per heavy atom. The fraction of sp³-hybridized carbons (Fsp3) is 0. The minimum atomic E-state index is -0.176. The predicted molar refractivity (Wildman–Crippen MR) is 84.7 cm³/mol. The molecule has 0 atom stereocenters. The summed E-state index contributed by atoms with van der Waals surface area (Å²) >= 11 is 6.40. The van der Waals surface area contributed by atoms with Crippen molar-refractivity contribution in [3.05, 3.63) is 63.9 Å². The van der Waals surface area contributed by atoms with Gasteiger partial charge in [-0.1, -0.05) is 41.9 Å². The van der Waals surface area contributed by atoms with Crippen molar-refractivity contribution in [1.29, 1.82) is 0 Å². The Morgan fingerprint density at radius 2 is 1.62 bits per heavy atom. The van der Waals surface area contributed by atoms with Crippen LogP contribution in [0.15, 0.2) is 53.3 Å². The van der Waals surface area contributed by atoms with E-state index in [0.717, 1.165) is 10.9 Å². The molecule has 0 aliphatic carbocycles. The topological polar surface area (TPSA) is 61.5 Å². The standard InChI is InChI=1S/C16H10ClN3O/c17-13-9-5-1-3-7-11(9)18-14(13)15-19-12-8-4-2-6-10(12)16(21)20-15/h1-8,18H,(H,19,20,21). The Bertz CT molecular complexity index is 1030. The molecule has 4 aromatic rings. The summed E-state index contributed by atoms with van der Waals surface area (Å²) in [5.41, 5.74) is 2.00. The van der Waals surface area contributed by atoms with Gasteiger partial charge in [-0.3, -0.25) is 4.79 Å². The lowest BCUT2D eigenvalue weighted by Gasteiger charge is -2.01. The summed E-state index contributed by atoms with van der Waals surface area (Å²) in [6.07, 6.45) is 0. The molecule has 0 spiro atoms. The van der Waals surface area contributed by atoms with Gasteiger partial charge in [0.1, 0.15) is 5.69 Å². The van der Waals surface area contributed by atoms with Crippen molar-refractivity contribution in [2.45, 2.75) is 0 Å². The van der Waals surface area contributed by atoms with Crippen LogP contribution in [0.2, 0.25) is 5.02 Å². The molecule has 2 aromatic carbocycles. The third kappa shape index (κ3) is 1.84. The maximum absolute atomic E-state index is 12.1. The summed E-state index contributed by atoms with van der Waals surface area (Å²) in [6.45, 7) is 0. The molecule has 0 fully saturated rings. The fourth-order valence-electron chi connectivity index (χ4n) is 2.48. The Hall–Kier alpha value is -2.59. The predicted octanol–water partition coefficient (Wildman–Crippen LogP) is 3.72. The van der Waals surface area contributed by atoms with E-state index in [0.29, 0.717) is 27.4 Å². The molecular formula is C16H10ClN3O. The van der Waals surface area contributed by atoms with Crippen LogP contribution in [-0.4, -0.2) is 15.0 Å². The first kappa shape index (κ1) is 12.2. The third-order valence-electron chi connectivity index (χ3n) is 3.49. The van der Waals surface area contributed by atoms with E-state index in [1.165, 1.54) is 0 Å². The van der Waals surface area contributed by atoms with Crippen LogP contribution in [0.4, 0.5) is 0 Å². The van der Waals surface area contributed by atoms with Gasteiger partial charge in [-0.2, -0.15) is 0 Å². The van der Waals surface area contributed by atoms with Crippen LogP contribution >= 0.6 is 11.6 Å². The number of hydrogen-bond acceptors (Lipinski definition) is 2. The van der Waals surface area contributed by atoms with E-state index in [4.69, 9.17) is 11.6 Å². The number of benzene rings is 2. The van der Waals surface area contributed by atoms with Gasteiger partial charge in [-0.05, 0) is 18.2 Å². The molecule has 0 amide bonds. The van der Waals surface area contributed by atoms with E-state index in [1.807, 2.05) is 42.5 Å². The smallest absolute Gasteiger partial charge is 0.259 e. The van der Waals surface area contributed by atoms with E-state index in [1.54, 1.807) is 6.07 Å². The zero-order valence-electron chi connectivity index (χ0n) is 10.9. The highest BCUT2D eigenvalue weighted by Gasteiger charge is 2.14. The normalized spacial score (nSPS) is 11.3. The Labute approximate surface area is 124 Å². The first-order valence-electron chi connectivity index (χ1n) is 6.50. The van der Waals surface area contributed by atoms with Crippen LogP contribution in [0.1, 0.15) is 0 Å². The van der Waals surface area contributed by atoms with Gasteiger partial charge < -0.3 is 9.97 Å². The molecule has 4 nitrogen and oxygen atoms in total. The quantitative estimate of drug-likeness (QED) is 0.562. The number of nitrogens with one attached hydrogen (secondary N) is 2. The summed E-state index contributed by atoms with van der Waals surface area (Å²) < 4.78 is 0. The van der Waals surface area contributed by atoms with Crippen molar-refractivity contribution >= 4 is 33.4 Å². The maximum Gasteiger partial charge on any atom is 0.259 e. The molecule has 4 rings (SSSR count). The molecule has 0 radical (unpaired) electrons. The number of H-pyrrole nitrogens is 2. The highest BCUT2D eigenvalue weighted by Crippen LogP contribution is 2.32. The van der Waals surface area contributed by atoms with Crippen molar-refractivity contribution < 1.29 is 0 Å². The molecule has 2 heterocycles. The van der Waals surface area contributed by atoms with E-state index >= 15 is 0 Å². The number of rotatable bonds is 1. The molecular weight excluding hydrogens is 286 g/mol. The van der Waals surface area contributed by atoms with Crippen molar-refractivity contribution in [2.75, 3.05) is 0 Å².